The van der Waals surface area contributed by atoms with Gasteiger partial charge in [-0.15, -0.1) is 0 Å². The van der Waals surface area contributed by atoms with Gasteiger partial charge < -0.3 is 10.6 Å². The number of benzene rings is 2. The van der Waals surface area contributed by atoms with E-state index in [0.717, 1.165) is 21.3 Å². The molecule has 0 aliphatic carbocycles. The maximum Gasteiger partial charge on any atom is 0.238 e. The van der Waals surface area contributed by atoms with Crippen LogP contribution in [0.2, 0.25) is 0 Å². The second-order valence-corrected chi connectivity index (χ2v) is 5.94. The van der Waals surface area contributed by atoms with Crippen molar-refractivity contribution in [3.63, 3.8) is 0 Å². The molecule has 0 radical (unpaired) electrons. The molecule has 0 spiro atoms. The summed E-state index contributed by atoms with van der Waals surface area (Å²) in [6.07, 6.45) is 0. The van der Waals surface area contributed by atoms with Crippen LogP contribution in [0.15, 0.2) is 53.0 Å². The van der Waals surface area contributed by atoms with Crippen LogP contribution in [0.1, 0.15) is 24.1 Å². The largest absolute Gasteiger partial charge is 0.325 e. The minimum Gasteiger partial charge on any atom is -0.325 e. The lowest BCUT2D eigenvalue weighted by Crippen LogP contribution is -2.30. The highest BCUT2D eigenvalue weighted by Crippen LogP contribution is 2.17. The molecule has 0 aromatic heterocycles. The molecule has 1 amide bonds. The lowest BCUT2D eigenvalue weighted by atomic mass is 10.1. The standard InChI is InChI=1S/C17H19BrN2O/c1-12-6-3-4-9-16(12)20-17(21)11-19-13(2)14-7-5-8-15(18)10-14/h3-10,13,19H,11H2,1-2H3,(H,20,21). The van der Waals surface area contributed by atoms with Gasteiger partial charge in [0.25, 0.3) is 0 Å². The number of amides is 1. The second-order valence-electron chi connectivity index (χ2n) is 5.02. The molecule has 21 heavy (non-hydrogen) atoms. The maximum atomic E-state index is 12.0. The quantitative estimate of drug-likeness (QED) is 0.857. The summed E-state index contributed by atoms with van der Waals surface area (Å²) in [4.78, 5) is 12.0. The Bertz CT molecular complexity index is 628. The predicted octanol–water partition coefficient (Wildman–Crippen LogP) is 4.05. The fourth-order valence-corrected chi connectivity index (χ4v) is 2.46. The normalized spacial score (nSPS) is 12.0. The van der Waals surface area contributed by atoms with Gasteiger partial charge in [0.2, 0.25) is 5.91 Å². The van der Waals surface area contributed by atoms with Crippen LogP contribution < -0.4 is 10.6 Å². The zero-order chi connectivity index (χ0) is 15.2. The first-order chi connectivity index (χ1) is 10.1. The first-order valence-corrected chi connectivity index (χ1v) is 7.70. The van der Waals surface area contributed by atoms with Gasteiger partial charge in [-0.25, -0.2) is 0 Å². The topological polar surface area (TPSA) is 41.1 Å². The third-order valence-corrected chi connectivity index (χ3v) is 3.83. The molecule has 0 saturated carbocycles. The van der Waals surface area contributed by atoms with Crippen molar-refractivity contribution in [1.29, 1.82) is 0 Å². The highest BCUT2D eigenvalue weighted by atomic mass is 79.9. The van der Waals surface area contributed by atoms with Gasteiger partial charge in [0.15, 0.2) is 0 Å². The van der Waals surface area contributed by atoms with Gasteiger partial charge in [-0.2, -0.15) is 0 Å². The molecule has 3 nitrogen and oxygen atoms in total. The van der Waals surface area contributed by atoms with Crippen LogP contribution in [0.4, 0.5) is 5.69 Å². The summed E-state index contributed by atoms with van der Waals surface area (Å²) >= 11 is 3.46. The zero-order valence-electron chi connectivity index (χ0n) is 12.2. The van der Waals surface area contributed by atoms with Crippen molar-refractivity contribution in [2.45, 2.75) is 19.9 Å². The van der Waals surface area contributed by atoms with E-state index >= 15 is 0 Å². The van der Waals surface area contributed by atoms with Crippen LogP contribution in [0, 0.1) is 6.92 Å². The van der Waals surface area contributed by atoms with Gasteiger partial charge >= 0.3 is 0 Å². The monoisotopic (exact) mass is 346 g/mol. The highest BCUT2D eigenvalue weighted by molar-refractivity contribution is 9.10. The molecule has 0 saturated heterocycles. The number of hydrogen-bond acceptors (Lipinski definition) is 2. The fourth-order valence-electron chi connectivity index (χ4n) is 2.05. The van der Waals surface area contributed by atoms with Gasteiger partial charge in [-0.05, 0) is 43.2 Å². The van der Waals surface area contributed by atoms with Crippen LogP contribution >= 0.6 is 15.9 Å². The summed E-state index contributed by atoms with van der Waals surface area (Å²) in [6, 6.07) is 16.0. The third kappa shape index (κ3) is 4.69. The second kappa shape index (κ2) is 7.38. The summed E-state index contributed by atoms with van der Waals surface area (Å²) in [6.45, 7) is 4.30. The lowest BCUT2D eigenvalue weighted by Gasteiger charge is -2.15. The summed E-state index contributed by atoms with van der Waals surface area (Å²) in [5, 5.41) is 6.15. The number of para-hydroxylation sites is 1. The molecule has 0 heterocycles. The predicted molar refractivity (Wildman–Crippen MR) is 90.4 cm³/mol. The molecule has 110 valence electrons. The average molecular weight is 347 g/mol. The molecule has 2 rings (SSSR count). The van der Waals surface area contributed by atoms with Crippen LogP contribution in [0.3, 0.4) is 0 Å². The number of nitrogens with one attached hydrogen (secondary N) is 2. The summed E-state index contributed by atoms with van der Waals surface area (Å²) in [7, 11) is 0. The SMILES string of the molecule is Cc1ccccc1NC(=O)CNC(C)c1cccc(Br)c1. The maximum absolute atomic E-state index is 12.0. The van der Waals surface area contributed by atoms with E-state index in [1.165, 1.54) is 0 Å². The molecule has 4 heteroatoms. The van der Waals surface area contributed by atoms with E-state index in [4.69, 9.17) is 0 Å². The van der Waals surface area contributed by atoms with Crippen LogP contribution in [-0.2, 0) is 4.79 Å². The molecule has 1 unspecified atom stereocenters. The number of anilines is 1. The molecule has 0 bridgehead atoms. The van der Waals surface area contributed by atoms with Crippen molar-refractivity contribution in [1.82, 2.24) is 5.32 Å². The summed E-state index contributed by atoms with van der Waals surface area (Å²) in [5.41, 5.74) is 3.07. The lowest BCUT2D eigenvalue weighted by molar-refractivity contribution is -0.115. The third-order valence-electron chi connectivity index (χ3n) is 3.34. The Kier molecular flexibility index (Phi) is 5.53. The smallest absolute Gasteiger partial charge is 0.238 e. The van der Waals surface area contributed by atoms with Gasteiger partial charge in [-0.3, -0.25) is 4.79 Å². The van der Waals surface area contributed by atoms with Crippen molar-refractivity contribution in [2.75, 3.05) is 11.9 Å². The van der Waals surface area contributed by atoms with Gasteiger partial charge in [0, 0.05) is 16.2 Å². The van der Waals surface area contributed by atoms with E-state index in [2.05, 4.69) is 32.6 Å². The van der Waals surface area contributed by atoms with Crippen LogP contribution in [0.5, 0.6) is 0 Å². The molecule has 2 aromatic carbocycles. The molecular weight excluding hydrogens is 328 g/mol. The van der Waals surface area contributed by atoms with E-state index < -0.39 is 0 Å². The molecule has 0 fully saturated rings. The molecule has 2 N–H and O–H groups in total. The van der Waals surface area contributed by atoms with Gasteiger partial charge in [0.05, 0.1) is 6.54 Å². The highest BCUT2D eigenvalue weighted by Gasteiger charge is 2.09. The molecule has 2 aromatic rings. The first-order valence-electron chi connectivity index (χ1n) is 6.90. The minimum absolute atomic E-state index is 0.0360. The van der Waals surface area contributed by atoms with Crippen molar-refractivity contribution in [3.8, 4) is 0 Å². The summed E-state index contributed by atoms with van der Waals surface area (Å²) in [5.74, 6) is -0.0360. The van der Waals surface area contributed by atoms with Crippen molar-refractivity contribution < 1.29 is 4.79 Å². The number of carbonyl (C=O) groups is 1. The average Bonchev–Trinajstić information content (AvgIpc) is 2.47. The molecule has 0 aliphatic rings. The minimum atomic E-state index is -0.0360. The Balaban J connectivity index is 1.88. The van der Waals surface area contributed by atoms with Gasteiger partial charge in [0.1, 0.15) is 0 Å². The Labute approximate surface area is 133 Å². The Morgan fingerprint density at radius 2 is 1.95 bits per heavy atom. The Morgan fingerprint density at radius 1 is 1.19 bits per heavy atom. The fraction of sp³-hybridized carbons (Fsp3) is 0.235. The Morgan fingerprint density at radius 3 is 2.67 bits per heavy atom. The number of aryl methyl sites for hydroxylation is 1. The number of carbonyl (C=O) groups excluding carboxylic acids is 1. The first kappa shape index (κ1) is 15.7. The Hall–Kier alpha value is -1.65. The van der Waals surface area contributed by atoms with Crippen molar-refractivity contribution >= 4 is 27.5 Å². The number of halogens is 1. The van der Waals surface area contributed by atoms with E-state index in [1.54, 1.807) is 0 Å². The number of rotatable bonds is 5. The van der Waals surface area contributed by atoms with E-state index in [9.17, 15) is 4.79 Å². The van der Waals surface area contributed by atoms with Gasteiger partial charge in [-0.1, -0.05) is 46.3 Å². The molecule has 0 aliphatic heterocycles. The molecular formula is C17H19BrN2O. The zero-order valence-corrected chi connectivity index (χ0v) is 13.8. The van der Waals surface area contributed by atoms with E-state index in [-0.39, 0.29) is 18.5 Å². The van der Waals surface area contributed by atoms with Crippen molar-refractivity contribution in [3.05, 3.63) is 64.1 Å². The van der Waals surface area contributed by atoms with Crippen LogP contribution in [-0.4, -0.2) is 12.5 Å². The van der Waals surface area contributed by atoms with E-state index in [1.807, 2.05) is 56.3 Å². The van der Waals surface area contributed by atoms with Crippen molar-refractivity contribution in [2.24, 2.45) is 0 Å². The van der Waals surface area contributed by atoms with Crippen LogP contribution in [0.25, 0.3) is 0 Å². The summed E-state index contributed by atoms with van der Waals surface area (Å²) < 4.78 is 1.04. The molecule has 1 atom stereocenters. The number of hydrogen-bond donors (Lipinski definition) is 2. The van der Waals surface area contributed by atoms with E-state index in [0.29, 0.717) is 0 Å².